The molecule has 4 nitrogen and oxygen atoms in total. The Bertz CT molecular complexity index is 381. The van der Waals surface area contributed by atoms with Crippen molar-refractivity contribution in [1.82, 2.24) is 10.3 Å². The number of aryl methyl sites for hydroxylation is 1. The van der Waals surface area contributed by atoms with E-state index in [9.17, 15) is 0 Å². The summed E-state index contributed by atoms with van der Waals surface area (Å²) in [6.07, 6.45) is 4.90. The minimum absolute atomic E-state index is 0.0314. The fourth-order valence-corrected chi connectivity index (χ4v) is 2.24. The van der Waals surface area contributed by atoms with Gasteiger partial charge in [0, 0.05) is 11.8 Å². The zero-order chi connectivity index (χ0) is 11.4. The maximum Gasteiger partial charge on any atom is 0.255 e. The first kappa shape index (κ1) is 11.5. The second-order valence-corrected chi connectivity index (χ2v) is 5.06. The number of rotatable bonds is 6. The first-order valence-corrected chi connectivity index (χ1v) is 6.47. The second-order valence-electron chi connectivity index (χ2n) is 4.01. The van der Waals surface area contributed by atoms with Crippen LogP contribution in [0.4, 0.5) is 0 Å². The van der Waals surface area contributed by atoms with Gasteiger partial charge in [-0.15, -0.1) is 0 Å². The van der Waals surface area contributed by atoms with E-state index in [4.69, 9.17) is 9.68 Å². The van der Waals surface area contributed by atoms with Crippen LogP contribution < -0.4 is 5.32 Å². The van der Waals surface area contributed by atoms with Gasteiger partial charge in [-0.05, 0) is 26.2 Å². The minimum Gasteiger partial charge on any atom is -0.440 e. The molecule has 1 atom stereocenters. The molecule has 0 spiro atoms. The van der Waals surface area contributed by atoms with Crippen molar-refractivity contribution in [1.29, 1.82) is 5.26 Å². The van der Waals surface area contributed by atoms with Crippen LogP contribution in [0.15, 0.2) is 15.9 Å². The van der Waals surface area contributed by atoms with Crippen LogP contribution in [0.2, 0.25) is 0 Å². The third-order valence-electron chi connectivity index (χ3n) is 2.40. The summed E-state index contributed by atoms with van der Waals surface area (Å²) in [7, 11) is 0. The smallest absolute Gasteiger partial charge is 0.255 e. The highest BCUT2D eigenvalue weighted by atomic mass is 32.2. The van der Waals surface area contributed by atoms with E-state index in [-0.39, 0.29) is 6.04 Å². The standard InChI is InChI=1S/C11H15N3OS/c1-8-7-15-11(13-8)16-5-4-10(6-12)14-9-2-3-9/h7,9-10,14H,2-5H2,1H3. The van der Waals surface area contributed by atoms with E-state index in [1.165, 1.54) is 12.8 Å². The number of nitrogens with zero attached hydrogens (tertiary/aromatic N) is 2. The second kappa shape index (κ2) is 5.37. The van der Waals surface area contributed by atoms with Gasteiger partial charge in [0.25, 0.3) is 5.22 Å². The quantitative estimate of drug-likeness (QED) is 0.768. The van der Waals surface area contributed by atoms with Crippen LogP contribution in [-0.4, -0.2) is 22.8 Å². The molecule has 0 amide bonds. The SMILES string of the molecule is Cc1coc(SCCC(C#N)NC2CC2)n1. The van der Waals surface area contributed by atoms with E-state index in [2.05, 4.69) is 16.4 Å². The topological polar surface area (TPSA) is 61.9 Å². The van der Waals surface area contributed by atoms with Gasteiger partial charge >= 0.3 is 0 Å². The molecule has 0 aromatic carbocycles. The molecule has 1 unspecified atom stereocenters. The Morgan fingerprint density at radius 2 is 2.56 bits per heavy atom. The lowest BCUT2D eigenvalue weighted by molar-refractivity contribution is 0.453. The maximum atomic E-state index is 8.94. The van der Waals surface area contributed by atoms with Gasteiger partial charge in [-0.1, -0.05) is 11.8 Å². The highest BCUT2D eigenvalue weighted by Crippen LogP contribution is 2.21. The lowest BCUT2D eigenvalue weighted by Crippen LogP contribution is -2.29. The number of hydrogen-bond donors (Lipinski definition) is 1. The molecule has 1 fully saturated rings. The molecule has 2 rings (SSSR count). The monoisotopic (exact) mass is 237 g/mol. The van der Waals surface area contributed by atoms with Gasteiger partial charge in [-0.25, -0.2) is 4.98 Å². The van der Waals surface area contributed by atoms with E-state index in [1.807, 2.05) is 6.92 Å². The molecule has 0 bridgehead atoms. The van der Waals surface area contributed by atoms with Gasteiger partial charge in [0.05, 0.1) is 17.8 Å². The van der Waals surface area contributed by atoms with Crippen molar-refractivity contribution in [3.8, 4) is 6.07 Å². The molecule has 0 radical (unpaired) electrons. The number of nitrogens with one attached hydrogen (secondary N) is 1. The molecule has 1 N–H and O–H groups in total. The molecule has 1 aromatic heterocycles. The molecule has 1 heterocycles. The Morgan fingerprint density at radius 3 is 3.12 bits per heavy atom. The normalized spacial score (nSPS) is 17.0. The molecule has 0 saturated heterocycles. The van der Waals surface area contributed by atoms with Crippen LogP contribution in [0, 0.1) is 18.3 Å². The summed E-state index contributed by atoms with van der Waals surface area (Å²) in [5.74, 6) is 0.859. The van der Waals surface area contributed by atoms with E-state index >= 15 is 0 Å². The lowest BCUT2D eigenvalue weighted by atomic mass is 10.2. The maximum absolute atomic E-state index is 8.94. The Labute approximate surface area is 99.4 Å². The van der Waals surface area contributed by atoms with Crippen LogP contribution in [0.25, 0.3) is 0 Å². The summed E-state index contributed by atoms with van der Waals surface area (Å²) in [6.45, 7) is 1.90. The Hall–Kier alpha value is -0.990. The van der Waals surface area contributed by atoms with Crippen LogP contribution in [-0.2, 0) is 0 Å². The molecule has 1 aliphatic rings. The van der Waals surface area contributed by atoms with Gasteiger partial charge < -0.3 is 4.42 Å². The van der Waals surface area contributed by atoms with Crippen molar-refractivity contribution in [2.24, 2.45) is 0 Å². The summed E-state index contributed by atoms with van der Waals surface area (Å²) in [5.41, 5.74) is 0.899. The Kier molecular flexibility index (Phi) is 3.86. The van der Waals surface area contributed by atoms with Crippen LogP contribution in [0.3, 0.4) is 0 Å². The lowest BCUT2D eigenvalue weighted by Gasteiger charge is -2.08. The zero-order valence-corrected chi connectivity index (χ0v) is 10.1. The average Bonchev–Trinajstić information content (AvgIpc) is 3.00. The molecule has 16 heavy (non-hydrogen) atoms. The minimum atomic E-state index is -0.0314. The number of aromatic nitrogens is 1. The fraction of sp³-hybridized carbons (Fsp3) is 0.636. The summed E-state index contributed by atoms with van der Waals surface area (Å²) in [5, 5.41) is 12.9. The molecule has 0 aliphatic heterocycles. The Balaban J connectivity index is 1.67. The molecular formula is C11H15N3OS. The van der Waals surface area contributed by atoms with Gasteiger partial charge in [0.15, 0.2) is 0 Å². The van der Waals surface area contributed by atoms with Gasteiger partial charge in [-0.2, -0.15) is 5.26 Å². The van der Waals surface area contributed by atoms with Gasteiger partial charge in [0.2, 0.25) is 0 Å². The number of oxazole rings is 1. The highest BCUT2D eigenvalue weighted by Gasteiger charge is 2.24. The molecule has 1 aliphatic carbocycles. The zero-order valence-electron chi connectivity index (χ0n) is 9.27. The molecule has 1 saturated carbocycles. The molecule has 5 heteroatoms. The van der Waals surface area contributed by atoms with Crippen LogP contribution in [0.1, 0.15) is 25.0 Å². The number of thioether (sulfide) groups is 1. The van der Waals surface area contributed by atoms with Crippen LogP contribution in [0.5, 0.6) is 0 Å². The highest BCUT2D eigenvalue weighted by molar-refractivity contribution is 7.99. The van der Waals surface area contributed by atoms with Gasteiger partial charge in [-0.3, -0.25) is 5.32 Å². The summed E-state index contributed by atoms with van der Waals surface area (Å²) in [6, 6.07) is 2.84. The van der Waals surface area contributed by atoms with Crippen molar-refractivity contribution in [3.63, 3.8) is 0 Å². The molecule has 1 aromatic rings. The predicted octanol–water partition coefficient (Wildman–Crippen LogP) is 2.11. The summed E-state index contributed by atoms with van der Waals surface area (Å²) in [4.78, 5) is 4.20. The summed E-state index contributed by atoms with van der Waals surface area (Å²) < 4.78 is 5.22. The van der Waals surface area contributed by atoms with E-state index in [0.29, 0.717) is 11.3 Å². The van der Waals surface area contributed by atoms with Crippen LogP contribution >= 0.6 is 11.8 Å². The van der Waals surface area contributed by atoms with Crippen molar-refractivity contribution < 1.29 is 4.42 Å². The molecule has 86 valence electrons. The van der Waals surface area contributed by atoms with Crippen molar-refractivity contribution in [2.45, 2.75) is 43.5 Å². The third kappa shape index (κ3) is 3.54. The van der Waals surface area contributed by atoms with Crippen molar-refractivity contribution >= 4 is 11.8 Å². The number of nitriles is 1. The number of hydrogen-bond acceptors (Lipinski definition) is 5. The first-order chi connectivity index (χ1) is 7.78. The third-order valence-corrected chi connectivity index (χ3v) is 3.27. The largest absolute Gasteiger partial charge is 0.440 e. The van der Waals surface area contributed by atoms with E-state index in [1.54, 1.807) is 18.0 Å². The van der Waals surface area contributed by atoms with Gasteiger partial charge in [0.1, 0.15) is 6.26 Å². The fourth-order valence-electron chi connectivity index (χ4n) is 1.38. The van der Waals surface area contributed by atoms with Crippen molar-refractivity contribution in [2.75, 3.05) is 5.75 Å². The van der Waals surface area contributed by atoms with E-state index in [0.717, 1.165) is 17.9 Å². The predicted molar refractivity (Wildman–Crippen MR) is 62.1 cm³/mol. The average molecular weight is 237 g/mol. The first-order valence-electron chi connectivity index (χ1n) is 5.48. The van der Waals surface area contributed by atoms with Crippen molar-refractivity contribution in [3.05, 3.63) is 12.0 Å². The Morgan fingerprint density at radius 1 is 1.75 bits per heavy atom. The summed E-state index contributed by atoms with van der Waals surface area (Å²) >= 11 is 1.56. The van der Waals surface area contributed by atoms with E-state index < -0.39 is 0 Å². The molecular weight excluding hydrogens is 222 g/mol.